The van der Waals surface area contributed by atoms with Crippen molar-refractivity contribution in [2.24, 2.45) is 0 Å². The Morgan fingerprint density at radius 3 is 2.29 bits per heavy atom. The molecule has 0 radical (unpaired) electrons. The highest BCUT2D eigenvalue weighted by Gasteiger charge is 2.26. The number of carbonyl (C=O) groups excluding carboxylic acids is 3. The van der Waals surface area contributed by atoms with Crippen LogP contribution >= 0.6 is 0 Å². The normalized spacial score (nSPS) is 15.3. The standard InChI is InChI=1S/C27H35N3O4/c1-18-6-9-23-17-22(12-13-24(23)30(18)19(2)31)21-10-7-20(8-11-21)16-25(32)28-14-15-29-26(33)34-27(3,4)5/h7-8,10-13,17-18H,6,9,14-16H2,1-5H3,(H,28,32)(H,29,33)/t18-/m0/s1. The third-order valence-corrected chi connectivity index (χ3v) is 5.72. The van der Waals surface area contributed by atoms with Gasteiger partial charge in [0, 0.05) is 31.7 Å². The molecule has 1 aliphatic rings. The van der Waals surface area contributed by atoms with Crippen LogP contribution in [-0.2, 0) is 27.2 Å². The highest BCUT2D eigenvalue weighted by Crippen LogP contribution is 2.34. The van der Waals surface area contributed by atoms with Crippen LogP contribution in [0.5, 0.6) is 0 Å². The molecule has 7 heteroatoms. The number of nitrogens with one attached hydrogen (secondary N) is 2. The second kappa shape index (κ2) is 10.7. The summed E-state index contributed by atoms with van der Waals surface area (Å²) in [5.41, 5.74) is 4.73. The molecule has 0 fully saturated rings. The van der Waals surface area contributed by atoms with Gasteiger partial charge in [-0.25, -0.2) is 4.79 Å². The number of ether oxygens (including phenoxy) is 1. The lowest BCUT2D eigenvalue weighted by molar-refractivity contribution is -0.120. The molecule has 0 aliphatic carbocycles. The molecule has 1 aliphatic heterocycles. The van der Waals surface area contributed by atoms with Crippen molar-refractivity contribution in [2.75, 3.05) is 18.0 Å². The number of fused-ring (bicyclic) bond motifs is 1. The number of aryl methyl sites for hydroxylation is 1. The SMILES string of the molecule is CC(=O)N1c2ccc(-c3ccc(CC(=O)NCCNC(=O)OC(C)(C)C)cc3)cc2CC[C@@H]1C. The molecule has 0 saturated carbocycles. The first kappa shape index (κ1) is 25.3. The molecule has 0 saturated heterocycles. The fraction of sp³-hybridized carbons (Fsp3) is 0.444. The third kappa shape index (κ3) is 6.83. The van der Waals surface area contributed by atoms with E-state index in [1.165, 1.54) is 5.56 Å². The smallest absolute Gasteiger partial charge is 0.407 e. The van der Waals surface area contributed by atoms with Crippen LogP contribution < -0.4 is 15.5 Å². The lowest BCUT2D eigenvalue weighted by Crippen LogP contribution is -2.40. The Hall–Kier alpha value is -3.35. The number of hydrogen-bond donors (Lipinski definition) is 2. The monoisotopic (exact) mass is 465 g/mol. The highest BCUT2D eigenvalue weighted by atomic mass is 16.6. The molecule has 3 amide bonds. The van der Waals surface area contributed by atoms with E-state index in [9.17, 15) is 14.4 Å². The van der Waals surface area contributed by atoms with E-state index in [0.29, 0.717) is 13.1 Å². The van der Waals surface area contributed by atoms with E-state index < -0.39 is 11.7 Å². The third-order valence-electron chi connectivity index (χ3n) is 5.72. The van der Waals surface area contributed by atoms with Gasteiger partial charge in [0.1, 0.15) is 5.60 Å². The van der Waals surface area contributed by atoms with Crippen molar-refractivity contribution in [1.29, 1.82) is 0 Å². The van der Waals surface area contributed by atoms with Gasteiger partial charge in [0.15, 0.2) is 0 Å². The Morgan fingerprint density at radius 1 is 1.00 bits per heavy atom. The average molecular weight is 466 g/mol. The molecule has 1 heterocycles. The summed E-state index contributed by atoms with van der Waals surface area (Å²) in [6, 6.07) is 14.4. The van der Waals surface area contributed by atoms with E-state index in [2.05, 4.69) is 23.6 Å². The van der Waals surface area contributed by atoms with Gasteiger partial charge in [-0.3, -0.25) is 9.59 Å². The Morgan fingerprint density at radius 2 is 1.65 bits per heavy atom. The van der Waals surface area contributed by atoms with Gasteiger partial charge >= 0.3 is 6.09 Å². The van der Waals surface area contributed by atoms with Crippen molar-refractivity contribution < 1.29 is 19.1 Å². The predicted octanol–water partition coefficient (Wildman–Crippen LogP) is 4.22. The Kier molecular flexibility index (Phi) is 7.97. The molecule has 0 spiro atoms. The van der Waals surface area contributed by atoms with Crippen LogP contribution in [0.3, 0.4) is 0 Å². The summed E-state index contributed by atoms with van der Waals surface area (Å²) in [7, 11) is 0. The average Bonchev–Trinajstić information content (AvgIpc) is 2.75. The Labute approximate surface area is 201 Å². The van der Waals surface area contributed by atoms with E-state index in [1.54, 1.807) is 27.7 Å². The van der Waals surface area contributed by atoms with Crippen LogP contribution in [-0.4, -0.2) is 42.6 Å². The number of nitrogens with zero attached hydrogens (tertiary/aromatic N) is 1. The topological polar surface area (TPSA) is 87.7 Å². The van der Waals surface area contributed by atoms with E-state index >= 15 is 0 Å². The molecule has 34 heavy (non-hydrogen) atoms. The van der Waals surface area contributed by atoms with Gasteiger partial charge in [-0.15, -0.1) is 0 Å². The zero-order chi connectivity index (χ0) is 24.9. The fourth-order valence-corrected chi connectivity index (χ4v) is 4.15. The number of anilines is 1. The Balaban J connectivity index is 1.53. The van der Waals surface area contributed by atoms with Crippen LogP contribution in [0.25, 0.3) is 11.1 Å². The maximum atomic E-state index is 12.2. The van der Waals surface area contributed by atoms with E-state index in [1.807, 2.05) is 41.3 Å². The number of carbonyl (C=O) groups is 3. The molecule has 0 aromatic heterocycles. The van der Waals surface area contributed by atoms with Gasteiger partial charge in [-0.05, 0) is 74.9 Å². The van der Waals surface area contributed by atoms with Crippen molar-refractivity contribution in [3.8, 4) is 11.1 Å². The minimum atomic E-state index is -0.550. The van der Waals surface area contributed by atoms with Crippen LogP contribution in [0.2, 0.25) is 0 Å². The van der Waals surface area contributed by atoms with Crippen molar-refractivity contribution in [3.63, 3.8) is 0 Å². The highest BCUT2D eigenvalue weighted by molar-refractivity contribution is 5.94. The van der Waals surface area contributed by atoms with Gasteiger partial charge < -0.3 is 20.3 Å². The lowest BCUT2D eigenvalue weighted by Gasteiger charge is -2.34. The molecular weight excluding hydrogens is 430 g/mol. The van der Waals surface area contributed by atoms with Crippen molar-refractivity contribution in [2.45, 2.75) is 65.5 Å². The van der Waals surface area contributed by atoms with E-state index in [-0.39, 0.29) is 24.3 Å². The van der Waals surface area contributed by atoms with Gasteiger partial charge in [-0.2, -0.15) is 0 Å². The minimum Gasteiger partial charge on any atom is -0.444 e. The van der Waals surface area contributed by atoms with Gasteiger partial charge in [-0.1, -0.05) is 30.3 Å². The predicted molar refractivity (Wildman–Crippen MR) is 134 cm³/mol. The summed E-state index contributed by atoms with van der Waals surface area (Å²) < 4.78 is 5.16. The van der Waals surface area contributed by atoms with Gasteiger partial charge in [0.2, 0.25) is 11.8 Å². The molecule has 7 nitrogen and oxygen atoms in total. The molecule has 0 unspecified atom stereocenters. The van der Waals surface area contributed by atoms with Gasteiger partial charge in [0.25, 0.3) is 0 Å². The number of amides is 3. The number of hydrogen-bond acceptors (Lipinski definition) is 4. The van der Waals surface area contributed by atoms with Crippen molar-refractivity contribution >= 4 is 23.6 Å². The van der Waals surface area contributed by atoms with Crippen molar-refractivity contribution in [1.82, 2.24) is 10.6 Å². The van der Waals surface area contributed by atoms with Crippen LogP contribution in [0.4, 0.5) is 10.5 Å². The lowest BCUT2D eigenvalue weighted by atomic mass is 9.92. The molecule has 2 aromatic rings. The largest absolute Gasteiger partial charge is 0.444 e. The first-order chi connectivity index (χ1) is 16.0. The number of alkyl carbamates (subject to hydrolysis) is 1. The second-order valence-electron chi connectivity index (χ2n) is 9.77. The van der Waals surface area contributed by atoms with E-state index in [0.717, 1.165) is 35.2 Å². The summed E-state index contributed by atoms with van der Waals surface area (Å²) in [5, 5.41) is 5.42. The second-order valence-corrected chi connectivity index (χ2v) is 9.77. The zero-order valence-electron chi connectivity index (χ0n) is 20.7. The molecular formula is C27H35N3O4. The van der Waals surface area contributed by atoms with Gasteiger partial charge in [0.05, 0.1) is 6.42 Å². The summed E-state index contributed by atoms with van der Waals surface area (Å²) in [6.45, 7) is 9.74. The summed E-state index contributed by atoms with van der Waals surface area (Å²) in [6.07, 6.45) is 1.68. The summed E-state index contributed by atoms with van der Waals surface area (Å²) in [5.74, 6) is -0.0320. The van der Waals surface area contributed by atoms with Crippen molar-refractivity contribution in [3.05, 3.63) is 53.6 Å². The molecule has 0 bridgehead atoms. The van der Waals surface area contributed by atoms with Crippen LogP contribution in [0.1, 0.15) is 52.2 Å². The number of rotatable bonds is 6. The maximum absolute atomic E-state index is 12.2. The molecule has 1 atom stereocenters. The molecule has 2 aromatic carbocycles. The molecule has 3 rings (SSSR count). The Bertz CT molecular complexity index is 1040. The first-order valence-electron chi connectivity index (χ1n) is 11.8. The minimum absolute atomic E-state index is 0.0736. The van der Waals surface area contributed by atoms with Crippen LogP contribution in [0, 0.1) is 0 Å². The summed E-state index contributed by atoms with van der Waals surface area (Å²) >= 11 is 0. The number of benzene rings is 2. The molecule has 182 valence electrons. The molecule has 2 N–H and O–H groups in total. The van der Waals surface area contributed by atoms with Crippen LogP contribution in [0.15, 0.2) is 42.5 Å². The first-order valence-corrected chi connectivity index (χ1v) is 11.8. The zero-order valence-corrected chi connectivity index (χ0v) is 20.7. The fourth-order valence-electron chi connectivity index (χ4n) is 4.15. The maximum Gasteiger partial charge on any atom is 0.407 e. The summed E-state index contributed by atoms with van der Waals surface area (Å²) in [4.78, 5) is 37.8. The quantitative estimate of drug-likeness (QED) is 0.625. The van der Waals surface area contributed by atoms with E-state index in [4.69, 9.17) is 4.74 Å².